The molecular formula is C12H12O3. The van der Waals surface area contributed by atoms with Crippen LogP contribution in [0.25, 0.3) is 0 Å². The molecule has 15 heavy (non-hydrogen) atoms. The highest BCUT2D eigenvalue weighted by atomic mass is 16.5. The van der Waals surface area contributed by atoms with Crippen molar-refractivity contribution in [3.8, 4) is 18.1 Å². The number of hydrogen-bond acceptors (Lipinski definition) is 3. The van der Waals surface area contributed by atoms with Crippen molar-refractivity contribution in [3.63, 3.8) is 0 Å². The second kappa shape index (κ2) is 5.06. The first kappa shape index (κ1) is 11.1. The highest BCUT2D eigenvalue weighted by Crippen LogP contribution is 2.13. The summed E-state index contributed by atoms with van der Waals surface area (Å²) in [6, 6.07) is 6.72. The predicted molar refractivity (Wildman–Crippen MR) is 56.7 cm³/mol. The average molecular weight is 204 g/mol. The summed E-state index contributed by atoms with van der Waals surface area (Å²) in [7, 11) is 1.54. The summed E-state index contributed by atoms with van der Waals surface area (Å²) in [5, 5.41) is 0. The van der Waals surface area contributed by atoms with E-state index in [-0.39, 0.29) is 0 Å². The summed E-state index contributed by atoms with van der Waals surface area (Å²) in [6.07, 6.45) is 4.58. The van der Waals surface area contributed by atoms with Gasteiger partial charge in [0.1, 0.15) is 5.75 Å². The van der Waals surface area contributed by atoms with Gasteiger partial charge in [0.05, 0.1) is 12.7 Å². The molecule has 1 atom stereocenters. The smallest absolute Gasteiger partial charge is 0.339 e. The van der Waals surface area contributed by atoms with E-state index in [4.69, 9.17) is 15.9 Å². The number of hydrogen-bond donors (Lipinski definition) is 0. The molecule has 0 aliphatic heterocycles. The lowest BCUT2D eigenvalue weighted by molar-refractivity contribution is 0.0438. The number of carbonyl (C=O) groups is 1. The van der Waals surface area contributed by atoms with Gasteiger partial charge in [0, 0.05) is 0 Å². The molecule has 0 spiro atoms. The Morgan fingerprint density at radius 2 is 2.27 bits per heavy atom. The van der Waals surface area contributed by atoms with Crippen molar-refractivity contribution < 1.29 is 14.3 Å². The van der Waals surface area contributed by atoms with Gasteiger partial charge in [-0.2, -0.15) is 0 Å². The number of terminal acetylenes is 1. The third-order valence-electron chi connectivity index (χ3n) is 1.82. The lowest BCUT2D eigenvalue weighted by atomic mass is 10.2. The van der Waals surface area contributed by atoms with Gasteiger partial charge in [-0.25, -0.2) is 4.79 Å². The van der Waals surface area contributed by atoms with E-state index in [0.29, 0.717) is 11.3 Å². The Labute approximate surface area is 89.0 Å². The van der Waals surface area contributed by atoms with Gasteiger partial charge in [-0.1, -0.05) is 12.0 Å². The van der Waals surface area contributed by atoms with E-state index in [2.05, 4.69) is 5.92 Å². The van der Waals surface area contributed by atoms with E-state index >= 15 is 0 Å². The number of ether oxygens (including phenoxy) is 2. The van der Waals surface area contributed by atoms with Crippen LogP contribution in [-0.4, -0.2) is 19.2 Å². The van der Waals surface area contributed by atoms with Gasteiger partial charge in [-0.15, -0.1) is 6.42 Å². The van der Waals surface area contributed by atoms with Crippen LogP contribution in [0.4, 0.5) is 0 Å². The molecule has 0 saturated carbocycles. The molecule has 0 unspecified atom stereocenters. The molecule has 0 aliphatic carbocycles. The van der Waals surface area contributed by atoms with E-state index in [9.17, 15) is 4.79 Å². The summed E-state index contributed by atoms with van der Waals surface area (Å²) < 4.78 is 9.94. The van der Waals surface area contributed by atoms with Crippen LogP contribution in [-0.2, 0) is 4.74 Å². The lowest BCUT2D eigenvalue weighted by Crippen LogP contribution is -2.12. The van der Waals surface area contributed by atoms with E-state index in [1.165, 1.54) is 7.11 Å². The van der Waals surface area contributed by atoms with Crippen LogP contribution in [0.1, 0.15) is 17.3 Å². The zero-order valence-electron chi connectivity index (χ0n) is 8.69. The zero-order chi connectivity index (χ0) is 11.3. The fourth-order valence-corrected chi connectivity index (χ4v) is 1.01. The van der Waals surface area contributed by atoms with Crippen LogP contribution in [0, 0.1) is 12.3 Å². The molecule has 0 saturated heterocycles. The normalized spacial score (nSPS) is 11.3. The largest absolute Gasteiger partial charge is 0.497 e. The Bertz CT molecular complexity index is 390. The standard InChI is InChI=1S/C12H12O3/c1-4-9(2)15-12(13)10-6-5-7-11(8-10)14-3/h1,5-9H,2-3H3/t9-/m0/s1. The molecule has 0 heterocycles. The van der Waals surface area contributed by atoms with E-state index < -0.39 is 12.1 Å². The third-order valence-corrected chi connectivity index (χ3v) is 1.82. The molecule has 0 N–H and O–H groups in total. The summed E-state index contributed by atoms with van der Waals surface area (Å²) >= 11 is 0. The van der Waals surface area contributed by atoms with Gasteiger partial charge < -0.3 is 9.47 Å². The Hall–Kier alpha value is -1.95. The molecule has 1 aromatic carbocycles. The Balaban J connectivity index is 2.78. The Morgan fingerprint density at radius 3 is 2.87 bits per heavy atom. The third kappa shape index (κ3) is 3.03. The Kier molecular flexibility index (Phi) is 3.75. The molecular weight excluding hydrogens is 192 g/mol. The first-order valence-electron chi connectivity index (χ1n) is 4.48. The highest BCUT2D eigenvalue weighted by Gasteiger charge is 2.10. The molecule has 3 heteroatoms. The van der Waals surface area contributed by atoms with Gasteiger partial charge in [0.15, 0.2) is 6.10 Å². The molecule has 3 nitrogen and oxygen atoms in total. The summed E-state index contributed by atoms with van der Waals surface area (Å²) in [4.78, 5) is 11.5. The molecule has 78 valence electrons. The first-order valence-corrected chi connectivity index (χ1v) is 4.48. The molecule has 0 radical (unpaired) electrons. The molecule has 1 aromatic rings. The topological polar surface area (TPSA) is 35.5 Å². The highest BCUT2D eigenvalue weighted by molar-refractivity contribution is 5.90. The van der Waals surface area contributed by atoms with E-state index in [0.717, 1.165) is 0 Å². The fourth-order valence-electron chi connectivity index (χ4n) is 1.01. The second-order valence-electron chi connectivity index (χ2n) is 2.95. The number of rotatable bonds is 3. The van der Waals surface area contributed by atoms with Crippen LogP contribution in [0.15, 0.2) is 24.3 Å². The van der Waals surface area contributed by atoms with Crippen LogP contribution in [0.5, 0.6) is 5.75 Å². The summed E-state index contributed by atoms with van der Waals surface area (Å²) in [6.45, 7) is 1.64. The molecule has 0 bridgehead atoms. The summed E-state index contributed by atoms with van der Waals surface area (Å²) in [5.41, 5.74) is 0.427. The minimum Gasteiger partial charge on any atom is -0.497 e. The molecule has 0 aliphatic rings. The van der Waals surface area contributed by atoms with Gasteiger partial charge in [-0.05, 0) is 25.1 Å². The van der Waals surface area contributed by atoms with Crippen molar-refractivity contribution in [1.82, 2.24) is 0 Å². The molecule has 0 amide bonds. The number of benzene rings is 1. The van der Waals surface area contributed by atoms with E-state index in [1.807, 2.05) is 0 Å². The maximum Gasteiger partial charge on any atom is 0.339 e. The molecule has 1 rings (SSSR count). The zero-order valence-corrected chi connectivity index (χ0v) is 8.69. The molecule has 0 aromatic heterocycles. The van der Waals surface area contributed by atoms with Crippen LogP contribution in [0.3, 0.4) is 0 Å². The minimum absolute atomic E-state index is 0.427. The number of methoxy groups -OCH3 is 1. The van der Waals surface area contributed by atoms with Crippen LogP contribution >= 0.6 is 0 Å². The van der Waals surface area contributed by atoms with Crippen molar-refractivity contribution in [2.45, 2.75) is 13.0 Å². The van der Waals surface area contributed by atoms with Crippen LogP contribution < -0.4 is 4.74 Å². The Morgan fingerprint density at radius 1 is 1.53 bits per heavy atom. The van der Waals surface area contributed by atoms with Gasteiger partial charge in [0.2, 0.25) is 0 Å². The van der Waals surface area contributed by atoms with Crippen molar-refractivity contribution >= 4 is 5.97 Å². The number of carbonyl (C=O) groups excluding carboxylic acids is 1. The summed E-state index contributed by atoms with van der Waals surface area (Å²) in [5.74, 6) is 2.48. The van der Waals surface area contributed by atoms with Crippen molar-refractivity contribution in [1.29, 1.82) is 0 Å². The van der Waals surface area contributed by atoms with E-state index in [1.54, 1.807) is 31.2 Å². The average Bonchev–Trinajstić information content (AvgIpc) is 2.28. The van der Waals surface area contributed by atoms with Crippen LogP contribution in [0.2, 0.25) is 0 Å². The lowest BCUT2D eigenvalue weighted by Gasteiger charge is -2.07. The van der Waals surface area contributed by atoms with Crippen molar-refractivity contribution in [2.75, 3.05) is 7.11 Å². The maximum atomic E-state index is 11.5. The fraction of sp³-hybridized carbons (Fsp3) is 0.250. The SMILES string of the molecule is C#C[C@H](C)OC(=O)c1cccc(OC)c1. The second-order valence-corrected chi connectivity index (χ2v) is 2.95. The minimum atomic E-state index is -0.524. The predicted octanol–water partition coefficient (Wildman–Crippen LogP) is 1.87. The monoisotopic (exact) mass is 204 g/mol. The quantitative estimate of drug-likeness (QED) is 0.557. The number of esters is 1. The van der Waals surface area contributed by atoms with Gasteiger partial charge in [0.25, 0.3) is 0 Å². The van der Waals surface area contributed by atoms with Crippen molar-refractivity contribution in [3.05, 3.63) is 29.8 Å². The van der Waals surface area contributed by atoms with Gasteiger partial charge >= 0.3 is 5.97 Å². The maximum absolute atomic E-state index is 11.5. The van der Waals surface area contributed by atoms with Crippen molar-refractivity contribution in [2.24, 2.45) is 0 Å². The molecule has 0 fully saturated rings. The first-order chi connectivity index (χ1) is 7.17. The van der Waals surface area contributed by atoms with Gasteiger partial charge in [-0.3, -0.25) is 0 Å².